The molecule has 31 heavy (non-hydrogen) atoms. The molecule has 2 atom stereocenters. The molecule has 1 unspecified atom stereocenters. The third kappa shape index (κ3) is 4.89. The highest BCUT2D eigenvalue weighted by Gasteiger charge is 2.52. The zero-order chi connectivity index (χ0) is 22.7. The molecule has 1 heterocycles. The second-order valence-electron chi connectivity index (χ2n) is 9.32. The molecular weight excluding hydrogens is 408 g/mol. The summed E-state index contributed by atoms with van der Waals surface area (Å²) in [6, 6.07) is 20.5. The summed E-state index contributed by atoms with van der Waals surface area (Å²) in [6.45, 7) is 14.2. The van der Waals surface area contributed by atoms with Crippen molar-refractivity contribution in [2.45, 2.75) is 57.7 Å². The molecule has 5 nitrogen and oxygen atoms in total. The van der Waals surface area contributed by atoms with E-state index in [1.165, 1.54) is 0 Å². The molecule has 166 valence electrons. The van der Waals surface area contributed by atoms with E-state index in [1.807, 2.05) is 36.4 Å². The first-order chi connectivity index (χ1) is 14.6. The third-order valence-corrected chi connectivity index (χ3v) is 10.3. The van der Waals surface area contributed by atoms with Crippen LogP contribution >= 0.6 is 0 Å². The lowest BCUT2D eigenvalue weighted by Gasteiger charge is -2.41. The molecule has 1 aliphatic rings. The fourth-order valence-corrected chi connectivity index (χ4v) is 8.15. The van der Waals surface area contributed by atoms with Gasteiger partial charge in [-0.3, -0.25) is 4.58 Å². The van der Waals surface area contributed by atoms with Gasteiger partial charge >= 0.3 is 8.32 Å². The van der Waals surface area contributed by atoms with Gasteiger partial charge < -0.3 is 14.3 Å². The lowest BCUT2D eigenvalue weighted by molar-refractivity contribution is -0.212. The molecule has 1 aliphatic heterocycles. The summed E-state index contributed by atoms with van der Waals surface area (Å²) in [7, 11) is -2.81. The first kappa shape index (κ1) is 23.6. The van der Waals surface area contributed by atoms with E-state index >= 15 is 0 Å². The zero-order valence-corrected chi connectivity index (χ0v) is 20.0. The molecule has 0 bridgehead atoms. The van der Waals surface area contributed by atoms with E-state index in [2.05, 4.69) is 51.6 Å². The van der Waals surface area contributed by atoms with Gasteiger partial charge in [0.15, 0.2) is 12.1 Å². The molecule has 1 saturated heterocycles. The highest BCUT2D eigenvalue weighted by molar-refractivity contribution is 6.99. The second kappa shape index (κ2) is 9.18. The van der Waals surface area contributed by atoms with Gasteiger partial charge in [0.05, 0.1) is 0 Å². The maximum atomic E-state index is 11.4. The molecule has 0 radical (unpaired) electrons. The van der Waals surface area contributed by atoms with E-state index in [9.17, 15) is 4.79 Å². The van der Waals surface area contributed by atoms with E-state index in [-0.39, 0.29) is 11.6 Å². The molecule has 0 saturated carbocycles. The van der Waals surface area contributed by atoms with Gasteiger partial charge in [-0.15, -0.1) is 0 Å². The van der Waals surface area contributed by atoms with Crippen molar-refractivity contribution in [3.05, 3.63) is 72.8 Å². The van der Waals surface area contributed by atoms with Crippen LogP contribution in [0.1, 0.15) is 34.6 Å². The normalized spacial score (nSPS) is 21.1. The number of carbonyl (C=O) groups excluding carboxylic acids is 1. The number of ether oxygens (including phenoxy) is 2. The van der Waals surface area contributed by atoms with Crippen LogP contribution in [0.25, 0.3) is 0 Å². The van der Waals surface area contributed by atoms with Gasteiger partial charge in [-0.05, 0) is 34.8 Å². The number of benzene rings is 2. The van der Waals surface area contributed by atoms with Crippen LogP contribution in [-0.4, -0.2) is 39.2 Å². The van der Waals surface area contributed by atoms with Crippen LogP contribution in [0.2, 0.25) is 5.04 Å². The fourth-order valence-electron chi connectivity index (χ4n) is 4.08. The van der Waals surface area contributed by atoms with Gasteiger partial charge in [-0.2, -0.15) is 0 Å². The average molecular weight is 441 g/mol. The summed E-state index contributed by atoms with van der Waals surface area (Å²) in [5, 5.41) is 2.02. The molecule has 0 aromatic heterocycles. The van der Waals surface area contributed by atoms with Gasteiger partial charge in [0, 0.05) is 0 Å². The van der Waals surface area contributed by atoms with Gasteiger partial charge in [0.1, 0.15) is 18.8 Å². The molecule has 6 heteroatoms. The van der Waals surface area contributed by atoms with Gasteiger partial charge in [0.2, 0.25) is 0 Å². The monoisotopic (exact) mass is 440 g/mol. The topological polar surface area (TPSA) is 54.0 Å². The quantitative estimate of drug-likeness (QED) is 0.206. The Morgan fingerprint density at radius 1 is 1.03 bits per heavy atom. The van der Waals surface area contributed by atoms with E-state index in [1.54, 1.807) is 13.8 Å². The number of aldehydes is 1. The molecule has 1 fully saturated rings. The van der Waals surface area contributed by atoms with Gasteiger partial charge in [-0.25, -0.2) is 4.89 Å². The molecule has 0 aliphatic carbocycles. The summed E-state index contributed by atoms with van der Waals surface area (Å²) in [4.78, 5) is 17.3. The minimum atomic E-state index is -2.81. The molecule has 0 spiro atoms. The predicted octanol–water partition coefficient (Wildman–Crippen LogP) is 3.77. The molecule has 2 aromatic carbocycles. The number of hydrogen-bond donors (Lipinski definition) is 0. The van der Waals surface area contributed by atoms with Crippen LogP contribution in [0.5, 0.6) is 0 Å². The van der Waals surface area contributed by atoms with Crippen LogP contribution < -0.4 is 10.4 Å². The Balaban J connectivity index is 1.87. The largest absolute Gasteiger partial charge is 0.340 e. The van der Waals surface area contributed by atoms with Gasteiger partial charge in [0.25, 0.3) is 0 Å². The van der Waals surface area contributed by atoms with Crippen molar-refractivity contribution in [3.63, 3.8) is 0 Å². The van der Waals surface area contributed by atoms with Crippen molar-refractivity contribution >= 4 is 25.0 Å². The summed E-state index contributed by atoms with van der Waals surface area (Å²) >= 11 is 0. The Morgan fingerprint density at radius 2 is 1.55 bits per heavy atom. The number of rotatable bonds is 8. The van der Waals surface area contributed by atoms with Crippen molar-refractivity contribution in [3.8, 4) is 0 Å². The minimum absolute atomic E-state index is 0.0962. The van der Waals surface area contributed by atoms with E-state index in [0.29, 0.717) is 5.57 Å². The first-order valence-electron chi connectivity index (χ1n) is 10.5. The SMILES string of the molecule is C=C(COO[Si](c1ccccc1)(c1ccccc1)C(C)(C)C)C1OC(C)(C)O[C@@H]1C=O. The lowest BCUT2D eigenvalue weighted by atomic mass is 10.1. The molecule has 0 amide bonds. The fraction of sp³-hybridized carbons (Fsp3) is 0.400. The standard InChI is InChI=1S/C25H32O5Si/c1-19(23-22(17-26)28-25(5,6)29-23)18-27-30-31(24(2,3)4,20-13-9-7-10-14-20)21-15-11-8-12-16-21/h7-17,22-23H,1,18H2,2-6H3/t22-,23?/m1/s1. The van der Waals surface area contributed by atoms with Crippen LogP contribution in [-0.2, 0) is 23.7 Å². The molecule has 0 N–H and O–H groups in total. The summed E-state index contributed by atoms with van der Waals surface area (Å²) in [6.07, 6.45) is -0.539. The zero-order valence-electron chi connectivity index (χ0n) is 19.0. The van der Waals surface area contributed by atoms with Crippen molar-refractivity contribution in [2.75, 3.05) is 6.61 Å². The maximum absolute atomic E-state index is 11.4. The lowest BCUT2D eigenvalue weighted by Crippen LogP contribution is -2.66. The smallest absolute Gasteiger partial charge is 0.305 e. The summed E-state index contributed by atoms with van der Waals surface area (Å²) in [5.41, 5.74) is 0.598. The van der Waals surface area contributed by atoms with Crippen molar-refractivity contribution < 1.29 is 23.7 Å². The Morgan fingerprint density at radius 3 is 2.00 bits per heavy atom. The Bertz CT molecular complexity index is 850. The van der Waals surface area contributed by atoms with Crippen molar-refractivity contribution in [1.82, 2.24) is 0 Å². The highest BCUT2D eigenvalue weighted by Crippen LogP contribution is 2.37. The van der Waals surface area contributed by atoms with Crippen LogP contribution in [0, 0.1) is 0 Å². The minimum Gasteiger partial charge on any atom is -0.340 e. The highest BCUT2D eigenvalue weighted by atomic mass is 28.4. The summed E-state index contributed by atoms with van der Waals surface area (Å²) in [5.74, 6) is -0.849. The Labute approximate surface area is 186 Å². The molecule has 3 rings (SSSR count). The number of hydrogen-bond acceptors (Lipinski definition) is 5. The Kier molecular flexibility index (Phi) is 6.98. The Hall–Kier alpha value is -2.09. The first-order valence-corrected chi connectivity index (χ1v) is 12.4. The van der Waals surface area contributed by atoms with E-state index in [0.717, 1.165) is 16.7 Å². The summed E-state index contributed by atoms with van der Waals surface area (Å²) < 4.78 is 17.9. The van der Waals surface area contributed by atoms with Crippen molar-refractivity contribution in [1.29, 1.82) is 0 Å². The predicted molar refractivity (Wildman–Crippen MR) is 124 cm³/mol. The van der Waals surface area contributed by atoms with Crippen LogP contribution in [0.3, 0.4) is 0 Å². The van der Waals surface area contributed by atoms with Gasteiger partial charge in [-0.1, -0.05) is 88.0 Å². The third-order valence-electron chi connectivity index (χ3n) is 5.51. The van der Waals surface area contributed by atoms with E-state index in [4.69, 9.17) is 18.9 Å². The van der Waals surface area contributed by atoms with Crippen LogP contribution in [0.4, 0.5) is 0 Å². The average Bonchev–Trinajstić information content (AvgIpc) is 3.06. The molecule has 2 aromatic rings. The van der Waals surface area contributed by atoms with E-state index < -0.39 is 26.3 Å². The molecular formula is C25H32O5Si. The maximum Gasteiger partial charge on any atom is 0.305 e. The van der Waals surface area contributed by atoms with Crippen LogP contribution in [0.15, 0.2) is 72.8 Å². The number of carbonyl (C=O) groups is 1. The second-order valence-corrected chi connectivity index (χ2v) is 13.5. The van der Waals surface area contributed by atoms with Crippen molar-refractivity contribution in [2.24, 2.45) is 0 Å².